The number of fused-ring (bicyclic) bond motifs is 2. The molecule has 61 heavy (non-hydrogen) atoms. The van der Waals surface area contributed by atoms with E-state index in [4.69, 9.17) is 20.9 Å². The number of pyridine rings is 1. The average molecular weight is 879 g/mol. The van der Waals surface area contributed by atoms with Crippen molar-refractivity contribution in [3.63, 3.8) is 0 Å². The minimum Gasteiger partial charge on any atom is -0.490 e. The lowest BCUT2D eigenvalue weighted by Crippen LogP contribution is -2.33. The summed E-state index contributed by atoms with van der Waals surface area (Å²) >= 11 is 0.675. The minimum atomic E-state index is -5.17. The number of alkyl halides is 7. The first-order valence-corrected chi connectivity index (χ1v) is 20.3. The second kappa shape index (κ2) is 15.3. The van der Waals surface area contributed by atoms with Crippen molar-refractivity contribution in [3.8, 4) is 29.0 Å². The van der Waals surface area contributed by atoms with Crippen LogP contribution in [0.25, 0.3) is 32.1 Å². The predicted octanol–water partition coefficient (Wildman–Crippen LogP) is 9.58. The van der Waals surface area contributed by atoms with E-state index in [0.717, 1.165) is 31.5 Å². The summed E-state index contributed by atoms with van der Waals surface area (Å²) in [6, 6.07) is 7.18. The van der Waals surface area contributed by atoms with E-state index in [1.165, 1.54) is 19.7 Å². The van der Waals surface area contributed by atoms with E-state index in [0.29, 0.717) is 29.5 Å². The van der Waals surface area contributed by atoms with Gasteiger partial charge in [-0.3, -0.25) is 4.90 Å². The molecule has 0 bridgehead atoms. The number of rotatable bonds is 4. The number of anilines is 3. The highest BCUT2D eigenvalue weighted by atomic mass is 32.1. The van der Waals surface area contributed by atoms with Gasteiger partial charge in [-0.25, -0.2) is 31.3 Å². The zero-order valence-electron chi connectivity index (χ0n) is 32.8. The fourth-order valence-corrected chi connectivity index (χ4v) is 9.99. The Kier molecular flexibility index (Phi) is 10.6. The van der Waals surface area contributed by atoms with Gasteiger partial charge in [0, 0.05) is 61.1 Å². The van der Waals surface area contributed by atoms with Crippen LogP contribution in [-0.2, 0) is 12.7 Å². The largest absolute Gasteiger partial charge is 0.490 e. The Morgan fingerprint density at radius 2 is 1.79 bits per heavy atom. The molecule has 5 aromatic rings. The molecule has 2 saturated heterocycles. The number of nitrogens with zero attached hydrogens (tertiary/aromatic N) is 6. The van der Waals surface area contributed by atoms with Crippen molar-refractivity contribution in [2.45, 2.75) is 76.1 Å². The minimum absolute atomic E-state index is 0.0347. The fourth-order valence-electron chi connectivity index (χ4n) is 9.04. The molecule has 2 aromatic carbocycles. The zero-order chi connectivity index (χ0) is 43.8. The fraction of sp³-hybridized carbons (Fsp3) is 0.463. The Morgan fingerprint density at radius 3 is 2.38 bits per heavy atom. The highest BCUT2D eigenvalue weighted by Gasteiger charge is 2.74. The molecule has 4 fully saturated rings. The number of nitrogens with two attached hydrogens (primary N) is 2. The first-order chi connectivity index (χ1) is 28.8. The molecule has 1 unspecified atom stereocenters. The molecule has 1 spiro atoms. The quantitative estimate of drug-likeness (QED) is 0.168. The number of methoxy groups -OCH3 is 1. The Morgan fingerprint density at radius 1 is 1.05 bits per heavy atom. The van der Waals surface area contributed by atoms with Crippen molar-refractivity contribution < 1.29 is 49.0 Å². The molecule has 3 aliphatic heterocycles. The van der Waals surface area contributed by atoms with Gasteiger partial charge in [0.05, 0.1) is 34.7 Å². The van der Waals surface area contributed by atoms with Gasteiger partial charge in [-0.2, -0.15) is 28.4 Å². The van der Waals surface area contributed by atoms with Crippen LogP contribution in [0.1, 0.15) is 62.1 Å². The first-order valence-electron chi connectivity index (χ1n) is 19.4. The van der Waals surface area contributed by atoms with Gasteiger partial charge in [0.25, 0.3) is 5.92 Å². The molecule has 2 atom stereocenters. The molecule has 2 saturated carbocycles. The predicted molar refractivity (Wildman–Crippen MR) is 211 cm³/mol. The number of nitriles is 1. The van der Waals surface area contributed by atoms with Gasteiger partial charge >= 0.3 is 12.2 Å². The number of thiophene rings is 1. The first kappa shape index (κ1) is 42.4. The molecule has 6 heterocycles. The summed E-state index contributed by atoms with van der Waals surface area (Å²) in [5, 5.41) is 9.00. The SMILES string of the molecule is CC1CC(F)(F)C1.COc1nc2c3c(c(C(F)(F)F)c(-c4ccc(F)c5sc(N)c(C#N)c45)c(F)c3n1)OCCN2Cc1cccnc1N.FC1(F)C[C@]12CC1CCCN1C2. The van der Waals surface area contributed by atoms with Crippen LogP contribution in [-0.4, -0.2) is 71.1 Å². The third-order valence-corrected chi connectivity index (χ3v) is 13.0. The van der Waals surface area contributed by atoms with Crippen LogP contribution >= 0.6 is 11.3 Å². The lowest BCUT2D eigenvalue weighted by molar-refractivity contribution is -0.138. The Balaban J connectivity index is 0.000000218. The van der Waals surface area contributed by atoms with Gasteiger partial charge in [0.1, 0.15) is 52.0 Å². The van der Waals surface area contributed by atoms with Crippen LogP contribution in [0.4, 0.5) is 56.2 Å². The Hall–Kier alpha value is -5.29. The highest BCUT2D eigenvalue weighted by molar-refractivity contribution is 7.23. The molecule has 3 aromatic heterocycles. The summed E-state index contributed by atoms with van der Waals surface area (Å²) in [5.41, 5.74) is 8.24. The maximum absolute atomic E-state index is 16.6. The number of aromatic nitrogens is 3. The monoisotopic (exact) mass is 878 g/mol. The van der Waals surface area contributed by atoms with Crippen LogP contribution in [0.15, 0.2) is 30.5 Å². The second-order valence-electron chi connectivity index (χ2n) is 16.2. The van der Waals surface area contributed by atoms with Crippen LogP contribution in [0, 0.1) is 34.3 Å². The van der Waals surface area contributed by atoms with E-state index in [1.807, 2.05) is 6.92 Å². The summed E-state index contributed by atoms with van der Waals surface area (Å²) in [6.07, 6.45) is -0.185. The van der Waals surface area contributed by atoms with E-state index >= 15 is 4.39 Å². The molecular formula is C41H39F9N8O2S. The van der Waals surface area contributed by atoms with Gasteiger partial charge in [0.15, 0.2) is 5.82 Å². The molecule has 324 valence electrons. The van der Waals surface area contributed by atoms with E-state index in [9.17, 15) is 40.4 Å². The molecule has 5 aliphatic rings. The van der Waals surface area contributed by atoms with Gasteiger partial charge in [-0.1, -0.05) is 19.1 Å². The van der Waals surface area contributed by atoms with Crippen molar-refractivity contribution in [2.75, 3.05) is 49.7 Å². The zero-order valence-corrected chi connectivity index (χ0v) is 33.6. The summed E-state index contributed by atoms with van der Waals surface area (Å²) in [4.78, 5) is 16.2. The van der Waals surface area contributed by atoms with Gasteiger partial charge in [0.2, 0.25) is 5.92 Å². The molecule has 0 radical (unpaired) electrons. The molecule has 10 nitrogen and oxygen atoms in total. The topological polar surface area (TPSA) is 139 Å². The second-order valence-corrected chi connectivity index (χ2v) is 17.3. The Labute approximate surface area is 347 Å². The smallest absolute Gasteiger partial charge is 0.420 e. The van der Waals surface area contributed by atoms with E-state index in [-0.39, 0.29) is 88.6 Å². The lowest BCUT2D eigenvalue weighted by Gasteiger charge is -2.31. The number of ether oxygens (including phenoxy) is 2. The number of hydrogen-bond donors (Lipinski definition) is 2. The number of nitrogen functional groups attached to an aromatic ring is 2. The van der Waals surface area contributed by atoms with E-state index in [2.05, 4.69) is 19.9 Å². The maximum Gasteiger partial charge on any atom is 0.420 e. The third-order valence-electron chi connectivity index (χ3n) is 12.0. The lowest BCUT2D eigenvalue weighted by atomic mass is 9.83. The van der Waals surface area contributed by atoms with E-state index in [1.54, 1.807) is 23.1 Å². The number of halogens is 9. The van der Waals surface area contributed by atoms with Crippen molar-refractivity contribution in [1.29, 1.82) is 5.26 Å². The van der Waals surface area contributed by atoms with Crippen LogP contribution in [0.5, 0.6) is 11.8 Å². The van der Waals surface area contributed by atoms with Gasteiger partial charge in [-0.15, -0.1) is 11.3 Å². The molecule has 20 heteroatoms. The normalized spacial score (nSPS) is 22.3. The summed E-state index contributed by atoms with van der Waals surface area (Å²) in [7, 11) is 1.23. The summed E-state index contributed by atoms with van der Waals surface area (Å²) < 4.78 is 137. The third kappa shape index (κ3) is 7.57. The van der Waals surface area contributed by atoms with Crippen LogP contribution < -0.4 is 25.8 Å². The molecular weight excluding hydrogens is 840 g/mol. The van der Waals surface area contributed by atoms with Crippen molar-refractivity contribution in [1.82, 2.24) is 19.9 Å². The molecule has 0 amide bonds. The maximum atomic E-state index is 16.6. The van der Waals surface area contributed by atoms with Gasteiger partial charge < -0.3 is 25.8 Å². The van der Waals surface area contributed by atoms with Crippen molar-refractivity contribution in [2.24, 2.45) is 11.3 Å². The highest BCUT2D eigenvalue weighted by Crippen LogP contribution is 2.67. The van der Waals surface area contributed by atoms with Crippen molar-refractivity contribution in [3.05, 3.63) is 58.8 Å². The summed E-state index contributed by atoms with van der Waals surface area (Å²) in [5.74, 6) is -7.19. The molecule has 4 N–H and O–H groups in total. The van der Waals surface area contributed by atoms with Crippen LogP contribution in [0.2, 0.25) is 0 Å². The molecule has 10 rings (SSSR count). The number of hydrogen-bond acceptors (Lipinski definition) is 11. The Bertz CT molecular complexity index is 2560. The molecule has 2 aliphatic carbocycles. The summed E-state index contributed by atoms with van der Waals surface area (Å²) in [6.45, 7) is 3.41. The average Bonchev–Trinajstić information content (AvgIpc) is 3.51. The van der Waals surface area contributed by atoms with Gasteiger partial charge in [-0.05, 0) is 49.4 Å². The van der Waals surface area contributed by atoms with E-state index < -0.39 is 63.0 Å². The van der Waals surface area contributed by atoms with Crippen LogP contribution in [0.3, 0.4) is 0 Å². The van der Waals surface area contributed by atoms with Crippen molar-refractivity contribution >= 4 is 49.0 Å². The standard InChI is InChI=1S/C27H18F5N7O2S.C9H13F2N.C5H8F2/c1-40-26-37-20-17-21(41-8-7-39(25(17)38-26)10-11-3-2-6-36-23(11)34)18(27(30,31)32)16(19(20)29)12-4-5-14(28)22-15(12)13(9-33)24(35)42-22;10-9(11)5-8(9)4-7-2-1-3-12(7)6-8;1-4-2-5(6,7)3-4/h2-6H,7-8,10,35H2,1H3,(H2,34,36);7H,1-6H2;4H,2-3H2,1H3/t;7?,8-;/m.0./s1. The number of benzene rings is 2.